The van der Waals surface area contributed by atoms with E-state index in [0.717, 1.165) is 0 Å². The monoisotopic (exact) mass is 161 g/mol. The highest BCUT2D eigenvalue weighted by atomic mass is 19.1. The van der Waals surface area contributed by atoms with Gasteiger partial charge in [0.05, 0.1) is 10.9 Å². The number of hydrogen-bond acceptors (Lipinski definition) is 2. The second kappa shape index (κ2) is 2.31. The van der Waals surface area contributed by atoms with Crippen LogP contribution in [-0.2, 0) is 0 Å². The molecule has 0 fully saturated rings. The van der Waals surface area contributed by atoms with Gasteiger partial charge in [-0.25, -0.2) is 9.37 Å². The Morgan fingerprint density at radius 1 is 1.58 bits per heavy atom. The van der Waals surface area contributed by atoms with Crippen molar-refractivity contribution >= 4 is 11.0 Å². The van der Waals surface area contributed by atoms with E-state index < -0.39 is 5.82 Å². The molecule has 0 unspecified atom stereocenters. The SMILES string of the molecule is N#Cc1ccnc2[nH]cc(F)c12. The largest absolute Gasteiger partial charge is 0.343 e. The lowest BCUT2D eigenvalue weighted by Crippen LogP contribution is -1.81. The maximum absolute atomic E-state index is 13.0. The molecule has 2 heterocycles. The Labute approximate surface area is 67.5 Å². The topological polar surface area (TPSA) is 52.5 Å². The lowest BCUT2D eigenvalue weighted by atomic mass is 10.2. The van der Waals surface area contributed by atoms with Crippen LogP contribution >= 0.6 is 0 Å². The van der Waals surface area contributed by atoms with Crippen molar-refractivity contribution in [1.82, 2.24) is 9.97 Å². The average Bonchev–Trinajstić information content (AvgIpc) is 2.48. The molecule has 2 rings (SSSR count). The minimum atomic E-state index is -0.436. The third-order valence-electron chi connectivity index (χ3n) is 1.65. The molecule has 0 atom stereocenters. The summed E-state index contributed by atoms with van der Waals surface area (Å²) >= 11 is 0. The molecule has 2 aromatic rings. The van der Waals surface area contributed by atoms with Crippen LogP contribution in [0.2, 0.25) is 0 Å². The average molecular weight is 161 g/mol. The summed E-state index contributed by atoms with van der Waals surface area (Å²) in [6.07, 6.45) is 2.66. The summed E-state index contributed by atoms with van der Waals surface area (Å²) in [6.45, 7) is 0. The van der Waals surface area contributed by atoms with Gasteiger partial charge >= 0.3 is 0 Å². The second-order valence-electron chi connectivity index (χ2n) is 2.33. The van der Waals surface area contributed by atoms with Crippen LogP contribution in [-0.4, -0.2) is 9.97 Å². The van der Waals surface area contributed by atoms with E-state index in [2.05, 4.69) is 9.97 Å². The molecule has 0 saturated carbocycles. The van der Waals surface area contributed by atoms with Crippen molar-refractivity contribution in [2.75, 3.05) is 0 Å². The number of halogens is 1. The van der Waals surface area contributed by atoms with Crippen LogP contribution in [0.3, 0.4) is 0 Å². The van der Waals surface area contributed by atoms with E-state index in [1.165, 1.54) is 18.5 Å². The lowest BCUT2D eigenvalue weighted by Gasteiger charge is -1.90. The highest BCUT2D eigenvalue weighted by Crippen LogP contribution is 2.17. The summed E-state index contributed by atoms with van der Waals surface area (Å²) in [5.41, 5.74) is 0.713. The summed E-state index contributed by atoms with van der Waals surface area (Å²) < 4.78 is 13.0. The molecule has 1 N–H and O–H groups in total. The van der Waals surface area contributed by atoms with Crippen LogP contribution in [0.4, 0.5) is 4.39 Å². The van der Waals surface area contributed by atoms with E-state index >= 15 is 0 Å². The first-order chi connectivity index (χ1) is 5.83. The van der Waals surface area contributed by atoms with Gasteiger partial charge in [0.25, 0.3) is 0 Å². The summed E-state index contributed by atoms with van der Waals surface area (Å²) in [6, 6.07) is 3.38. The van der Waals surface area contributed by atoms with Gasteiger partial charge in [0.15, 0.2) is 5.82 Å². The zero-order valence-electron chi connectivity index (χ0n) is 6.00. The highest BCUT2D eigenvalue weighted by molar-refractivity contribution is 5.82. The molecule has 0 aromatic carbocycles. The molecule has 58 valence electrons. The van der Waals surface area contributed by atoms with Gasteiger partial charge in [-0.15, -0.1) is 0 Å². The van der Waals surface area contributed by atoms with Crippen molar-refractivity contribution in [2.45, 2.75) is 0 Å². The third kappa shape index (κ3) is 0.768. The molecular formula is C8H4FN3. The number of hydrogen-bond donors (Lipinski definition) is 1. The molecule has 0 radical (unpaired) electrons. The predicted molar refractivity (Wildman–Crippen MR) is 40.8 cm³/mol. The Bertz CT molecular complexity index is 467. The van der Waals surface area contributed by atoms with Gasteiger partial charge < -0.3 is 4.98 Å². The minimum Gasteiger partial charge on any atom is -0.343 e. The first kappa shape index (κ1) is 6.80. The first-order valence-corrected chi connectivity index (χ1v) is 3.34. The zero-order chi connectivity index (χ0) is 8.55. The van der Waals surface area contributed by atoms with E-state index in [-0.39, 0.29) is 5.39 Å². The fraction of sp³-hybridized carbons (Fsp3) is 0. The molecule has 0 spiro atoms. The number of pyridine rings is 1. The highest BCUT2D eigenvalue weighted by Gasteiger charge is 2.07. The molecule has 0 aliphatic rings. The van der Waals surface area contributed by atoms with E-state index in [0.29, 0.717) is 11.2 Å². The molecule has 0 saturated heterocycles. The van der Waals surface area contributed by atoms with Crippen molar-refractivity contribution in [2.24, 2.45) is 0 Å². The Morgan fingerprint density at radius 2 is 2.42 bits per heavy atom. The van der Waals surface area contributed by atoms with E-state index in [1.54, 1.807) is 0 Å². The third-order valence-corrected chi connectivity index (χ3v) is 1.65. The maximum atomic E-state index is 13.0. The second-order valence-corrected chi connectivity index (χ2v) is 2.33. The summed E-state index contributed by atoms with van der Waals surface area (Å²) in [5, 5.41) is 8.88. The summed E-state index contributed by atoms with van der Waals surface area (Å²) in [5.74, 6) is -0.436. The summed E-state index contributed by atoms with van der Waals surface area (Å²) in [4.78, 5) is 6.49. The molecule has 12 heavy (non-hydrogen) atoms. The Morgan fingerprint density at radius 3 is 3.17 bits per heavy atom. The molecule has 0 aliphatic heterocycles. The van der Waals surface area contributed by atoms with Crippen molar-refractivity contribution in [1.29, 1.82) is 5.26 Å². The number of rotatable bonds is 0. The van der Waals surface area contributed by atoms with Crippen molar-refractivity contribution < 1.29 is 4.39 Å². The molecular weight excluding hydrogens is 157 g/mol. The zero-order valence-corrected chi connectivity index (χ0v) is 6.00. The quantitative estimate of drug-likeness (QED) is 0.637. The number of aromatic nitrogens is 2. The normalized spacial score (nSPS) is 10.0. The number of fused-ring (bicyclic) bond motifs is 1. The number of nitrogens with zero attached hydrogens (tertiary/aromatic N) is 2. The van der Waals surface area contributed by atoms with Crippen LogP contribution < -0.4 is 0 Å². The summed E-state index contributed by atoms with van der Waals surface area (Å²) in [7, 11) is 0. The molecule has 2 aromatic heterocycles. The van der Waals surface area contributed by atoms with E-state index in [1.807, 2.05) is 6.07 Å². The van der Waals surface area contributed by atoms with Crippen LogP contribution in [0, 0.1) is 17.1 Å². The van der Waals surface area contributed by atoms with E-state index in [4.69, 9.17) is 5.26 Å². The Kier molecular flexibility index (Phi) is 1.31. The lowest BCUT2D eigenvalue weighted by molar-refractivity contribution is 0.639. The Balaban J connectivity index is 2.96. The van der Waals surface area contributed by atoms with E-state index in [9.17, 15) is 4.39 Å². The van der Waals surface area contributed by atoms with Gasteiger partial charge in [-0.3, -0.25) is 0 Å². The molecule has 0 aliphatic carbocycles. The Hall–Kier alpha value is -1.89. The number of aromatic amines is 1. The predicted octanol–water partition coefficient (Wildman–Crippen LogP) is 1.57. The van der Waals surface area contributed by atoms with Gasteiger partial charge in [-0.2, -0.15) is 5.26 Å². The van der Waals surface area contributed by atoms with Crippen LogP contribution in [0.25, 0.3) is 11.0 Å². The van der Waals surface area contributed by atoms with Gasteiger partial charge in [0.2, 0.25) is 0 Å². The number of nitriles is 1. The van der Waals surface area contributed by atoms with Gasteiger partial charge in [0.1, 0.15) is 11.7 Å². The first-order valence-electron chi connectivity index (χ1n) is 3.34. The molecule has 0 bridgehead atoms. The van der Waals surface area contributed by atoms with Crippen LogP contribution in [0.5, 0.6) is 0 Å². The van der Waals surface area contributed by atoms with Crippen molar-refractivity contribution in [3.05, 3.63) is 29.8 Å². The fourth-order valence-electron chi connectivity index (χ4n) is 1.11. The van der Waals surface area contributed by atoms with Gasteiger partial charge in [0, 0.05) is 12.4 Å². The van der Waals surface area contributed by atoms with Gasteiger partial charge in [-0.1, -0.05) is 0 Å². The minimum absolute atomic E-state index is 0.264. The van der Waals surface area contributed by atoms with Gasteiger partial charge in [-0.05, 0) is 6.07 Å². The van der Waals surface area contributed by atoms with Crippen LogP contribution in [0.15, 0.2) is 18.5 Å². The molecule has 0 amide bonds. The maximum Gasteiger partial charge on any atom is 0.151 e. The number of nitrogens with one attached hydrogen (secondary N) is 1. The van der Waals surface area contributed by atoms with Crippen molar-refractivity contribution in [3.63, 3.8) is 0 Å². The fourth-order valence-corrected chi connectivity index (χ4v) is 1.11. The van der Waals surface area contributed by atoms with Crippen LogP contribution in [0.1, 0.15) is 5.56 Å². The van der Waals surface area contributed by atoms with Crippen molar-refractivity contribution in [3.8, 4) is 6.07 Å². The molecule has 4 heteroatoms. The molecule has 3 nitrogen and oxygen atoms in total. The smallest absolute Gasteiger partial charge is 0.151 e. The standard InChI is InChI=1S/C8H4FN3/c9-6-4-12-8-7(6)5(3-10)1-2-11-8/h1-2,4H,(H,11,12). The number of H-pyrrole nitrogens is 1.